The van der Waals surface area contributed by atoms with Gasteiger partial charge in [-0.3, -0.25) is 0 Å². The van der Waals surface area contributed by atoms with Gasteiger partial charge >= 0.3 is 29.6 Å². The van der Waals surface area contributed by atoms with E-state index in [1.54, 1.807) is 0 Å². The van der Waals surface area contributed by atoms with Gasteiger partial charge < -0.3 is 0 Å². The molecule has 0 aliphatic rings. The van der Waals surface area contributed by atoms with E-state index in [2.05, 4.69) is 29.6 Å². The maximum atomic E-state index is 2.21. The van der Waals surface area contributed by atoms with E-state index in [1.165, 1.54) is 0 Å². The van der Waals surface area contributed by atoms with E-state index in [-0.39, 0.29) is 29.6 Å². The summed E-state index contributed by atoms with van der Waals surface area (Å²) in [4.78, 5) is 0. The van der Waals surface area contributed by atoms with Gasteiger partial charge in [-0.05, 0) is 0 Å². The van der Waals surface area contributed by atoms with Gasteiger partial charge in [0.1, 0.15) is 0 Å². The molecule has 0 fully saturated rings. The second-order valence-corrected chi connectivity index (χ2v) is 2.31. The van der Waals surface area contributed by atoms with Crippen LogP contribution >= 0.6 is 0 Å². The molecule has 0 N–H and O–H groups in total. The van der Waals surface area contributed by atoms with Crippen LogP contribution in [0.1, 0.15) is 0 Å². The van der Waals surface area contributed by atoms with E-state index in [0.717, 1.165) is 0 Å². The Morgan fingerprint density at radius 1 is 0.857 bits per heavy atom. The Morgan fingerprint density at radius 3 is 1.57 bits per heavy atom. The van der Waals surface area contributed by atoms with Crippen molar-refractivity contribution in [3.8, 4) is 0 Å². The fourth-order valence-corrected chi connectivity index (χ4v) is 1.03. The van der Waals surface area contributed by atoms with E-state index in [0.29, 0.717) is 9.12 Å². The van der Waals surface area contributed by atoms with E-state index in [1.807, 2.05) is 0 Å². The van der Waals surface area contributed by atoms with Gasteiger partial charge in [0.05, 0.1) is 0 Å². The van der Waals surface area contributed by atoms with Gasteiger partial charge in [0.25, 0.3) is 0 Å². The second-order valence-electron chi connectivity index (χ2n) is 1.15. The summed E-state index contributed by atoms with van der Waals surface area (Å²) in [6.45, 7) is 0. The van der Waals surface area contributed by atoms with Crippen molar-refractivity contribution in [2.45, 2.75) is 0 Å². The minimum Gasteiger partial charge on any atom is -0.0805 e. The molecule has 0 nitrogen and oxygen atoms in total. The fourth-order valence-electron chi connectivity index (χ4n) is 0.385. The van der Waals surface area contributed by atoms with Crippen LogP contribution < -0.4 is 29.6 Å². The van der Waals surface area contributed by atoms with E-state index in [4.69, 9.17) is 0 Å². The molecule has 1 heterocycles. The van der Waals surface area contributed by atoms with Crippen LogP contribution in [0, 0.1) is 0 Å². The first kappa shape index (κ1) is 7.57. The zero-order valence-corrected chi connectivity index (χ0v) is 7.62. The third kappa shape index (κ3) is 3.18. The molecule has 0 atom stereocenters. The summed E-state index contributed by atoms with van der Waals surface area (Å²) >= 11 is 0. The summed E-state index contributed by atoms with van der Waals surface area (Å²) in [5.41, 5.74) is 4.42. The predicted molar refractivity (Wildman–Crippen MR) is 29.2 cm³/mol. The number of rotatable bonds is 0. The van der Waals surface area contributed by atoms with E-state index >= 15 is 0 Å². The van der Waals surface area contributed by atoms with Crippen LogP contribution in [0.15, 0.2) is 29.6 Å². The van der Waals surface area contributed by atoms with Crippen LogP contribution in [0.3, 0.4) is 0 Å². The van der Waals surface area contributed by atoms with E-state index < -0.39 is 0 Å². The third-order valence-corrected chi connectivity index (χ3v) is 1.56. The molecule has 1 aromatic heterocycles. The molecule has 0 saturated heterocycles. The standard InChI is InChI=1S/C5H6Si.Na/c1-2-4-6-5-3-1;/h1-6H;/q;+1. The zero-order valence-electron chi connectivity index (χ0n) is 4.46. The van der Waals surface area contributed by atoms with Gasteiger partial charge in [-0.15, -0.1) is 0 Å². The second kappa shape index (κ2) is 4.72. The molecule has 0 aliphatic heterocycles. The molecule has 1 aromatic rings. The molecule has 0 spiro atoms. The molecule has 0 bridgehead atoms. The number of hydrogen-bond acceptors (Lipinski definition) is 0. The molecule has 0 aliphatic carbocycles. The smallest absolute Gasteiger partial charge is 0.0805 e. The quantitative estimate of drug-likeness (QED) is 0.337. The molecule has 0 aromatic carbocycles. The van der Waals surface area contributed by atoms with Crippen molar-refractivity contribution < 1.29 is 29.6 Å². The molecular formula is C5H6NaSi+. The van der Waals surface area contributed by atoms with Crippen molar-refractivity contribution in [3.63, 3.8) is 0 Å². The first-order chi connectivity index (χ1) is 3.00. The van der Waals surface area contributed by atoms with Crippen LogP contribution in [0.25, 0.3) is 0 Å². The normalized spacial score (nSPS) is 6.86. The summed E-state index contributed by atoms with van der Waals surface area (Å²) in [5.74, 6) is 0. The molecular weight excluding hydrogens is 111 g/mol. The van der Waals surface area contributed by atoms with Crippen LogP contribution in [0.4, 0.5) is 0 Å². The van der Waals surface area contributed by atoms with Crippen molar-refractivity contribution >= 4 is 9.12 Å². The Kier molecular flexibility index (Phi) is 5.10. The Morgan fingerprint density at radius 2 is 1.43 bits per heavy atom. The van der Waals surface area contributed by atoms with Crippen molar-refractivity contribution in [1.29, 1.82) is 0 Å². The molecule has 0 amide bonds. The minimum absolute atomic E-state index is 0. The Bertz CT molecular complexity index is 80.0. The van der Waals surface area contributed by atoms with Crippen molar-refractivity contribution in [2.75, 3.05) is 0 Å². The monoisotopic (exact) mass is 117 g/mol. The van der Waals surface area contributed by atoms with Gasteiger partial charge in [-0.2, -0.15) is 0 Å². The third-order valence-electron chi connectivity index (χ3n) is 0.667. The first-order valence-electron chi connectivity index (χ1n) is 2.00. The van der Waals surface area contributed by atoms with Crippen molar-refractivity contribution in [1.82, 2.24) is 0 Å². The van der Waals surface area contributed by atoms with Crippen LogP contribution in [0.2, 0.25) is 0 Å². The largest absolute Gasteiger partial charge is 1.00 e. The molecule has 0 radical (unpaired) electrons. The van der Waals surface area contributed by atoms with Crippen LogP contribution in [-0.4, -0.2) is 9.12 Å². The van der Waals surface area contributed by atoms with Gasteiger partial charge in [-0.1, -0.05) is 29.6 Å². The topological polar surface area (TPSA) is 0 Å². The average Bonchev–Trinajstić information content (AvgIpc) is 1.72. The first-order valence-corrected chi connectivity index (χ1v) is 3.33. The molecule has 1 rings (SSSR count). The average molecular weight is 117 g/mol. The summed E-state index contributed by atoms with van der Waals surface area (Å²) in [7, 11) is 0.513. The number of hydrogen-bond donors (Lipinski definition) is 0. The molecule has 0 saturated carbocycles. The summed E-state index contributed by atoms with van der Waals surface area (Å²) in [6.07, 6.45) is 0. The van der Waals surface area contributed by atoms with Gasteiger partial charge in [-0.25, -0.2) is 0 Å². The zero-order chi connectivity index (χ0) is 4.24. The molecule has 30 valence electrons. The SMILES string of the molecule is [Na+].c1cc[siH]cc1. The molecule has 7 heavy (non-hydrogen) atoms. The predicted octanol–water partition coefficient (Wildman–Crippen LogP) is -2.24. The van der Waals surface area contributed by atoms with Gasteiger partial charge in [0.15, 0.2) is 0 Å². The maximum absolute atomic E-state index is 2.21. The fraction of sp³-hybridized carbons (Fsp3) is 0. The Labute approximate surface area is 68.0 Å². The van der Waals surface area contributed by atoms with Crippen molar-refractivity contribution in [3.05, 3.63) is 29.6 Å². The minimum atomic E-state index is 0. The summed E-state index contributed by atoms with van der Waals surface area (Å²) in [5, 5.41) is 0. The Balaban J connectivity index is 0.000000360. The van der Waals surface area contributed by atoms with Gasteiger partial charge in [0, 0.05) is 9.12 Å². The summed E-state index contributed by atoms with van der Waals surface area (Å²) in [6, 6.07) is 6.24. The summed E-state index contributed by atoms with van der Waals surface area (Å²) < 4.78 is 0. The van der Waals surface area contributed by atoms with Crippen LogP contribution in [0.5, 0.6) is 0 Å². The Hall–Kier alpha value is 0.567. The molecule has 2 heteroatoms. The van der Waals surface area contributed by atoms with Gasteiger partial charge in [0.2, 0.25) is 0 Å². The van der Waals surface area contributed by atoms with Crippen molar-refractivity contribution in [2.24, 2.45) is 0 Å². The molecule has 0 unspecified atom stereocenters. The van der Waals surface area contributed by atoms with E-state index in [9.17, 15) is 0 Å². The van der Waals surface area contributed by atoms with Crippen LogP contribution in [-0.2, 0) is 0 Å². The maximum Gasteiger partial charge on any atom is 1.00 e.